The number of ether oxygens (including phenoxy) is 1. The number of nitrogens with one attached hydrogen (secondary N) is 1. The predicted octanol–water partition coefficient (Wildman–Crippen LogP) is 3.71. The highest BCUT2D eigenvalue weighted by Gasteiger charge is 2.03. The summed E-state index contributed by atoms with van der Waals surface area (Å²) >= 11 is 0. The summed E-state index contributed by atoms with van der Waals surface area (Å²) in [5, 5.41) is 3.36. The number of halogens is 1. The molecule has 2 nitrogen and oxygen atoms in total. The summed E-state index contributed by atoms with van der Waals surface area (Å²) in [6.45, 7) is 6.31. The molecule has 0 amide bonds. The van der Waals surface area contributed by atoms with Gasteiger partial charge in [-0.15, -0.1) is 0 Å². The molecular formula is C16H24FNO. The number of hydrogen-bond donors (Lipinski definition) is 1. The zero-order chi connectivity index (χ0) is 14.1. The van der Waals surface area contributed by atoms with Gasteiger partial charge in [-0.1, -0.05) is 24.6 Å². The van der Waals surface area contributed by atoms with Crippen molar-refractivity contribution in [3.05, 3.63) is 41.2 Å². The molecule has 106 valence electrons. The van der Waals surface area contributed by atoms with E-state index in [0.717, 1.165) is 37.9 Å². The second-order valence-electron chi connectivity index (χ2n) is 4.73. The van der Waals surface area contributed by atoms with E-state index in [0.29, 0.717) is 5.75 Å². The lowest BCUT2D eigenvalue weighted by Gasteiger charge is -2.06. The molecule has 0 aliphatic rings. The Morgan fingerprint density at radius 1 is 1.37 bits per heavy atom. The maximum atomic E-state index is 13.5. The Bertz CT molecular complexity index is 415. The van der Waals surface area contributed by atoms with Crippen LogP contribution in [0.3, 0.4) is 0 Å². The highest BCUT2D eigenvalue weighted by atomic mass is 19.1. The van der Waals surface area contributed by atoms with E-state index in [-0.39, 0.29) is 5.82 Å². The van der Waals surface area contributed by atoms with Crippen molar-refractivity contribution < 1.29 is 9.13 Å². The molecule has 0 fully saturated rings. The van der Waals surface area contributed by atoms with Crippen LogP contribution in [0.4, 0.5) is 4.39 Å². The van der Waals surface area contributed by atoms with Crippen LogP contribution in [0.2, 0.25) is 0 Å². The standard InChI is InChI=1S/C16H24FNO/c1-4-9-18-10-5-6-13(2)11-14-7-8-16(19-3)15(17)12-14/h6-8,12,18H,4-5,9-11H2,1-3H3. The normalized spacial score (nSPS) is 11.7. The largest absolute Gasteiger partial charge is 0.494 e. The van der Waals surface area contributed by atoms with Gasteiger partial charge in [0, 0.05) is 0 Å². The Balaban J connectivity index is 2.45. The van der Waals surface area contributed by atoms with Crippen LogP contribution in [0.1, 0.15) is 32.3 Å². The van der Waals surface area contributed by atoms with Crippen molar-refractivity contribution >= 4 is 0 Å². The third-order valence-electron chi connectivity index (χ3n) is 2.94. The summed E-state index contributed by atoms with van der Waals surface area (Å²) in [7, 11) is 1.48. The Labute approximate surface area is 115 Å². The summed E-state index contributed by atoms with van der Waals surface area (Å²) in [6, 6.07) is 5.14. The number of benzene rings is 1. The zero-order valence-electron chi connectivity index (χ0n) is 12.1. The molecule has 3 heteroatoms. The molecule has 1 aromatic carbocycles. The van der Waals surface area contributed by atoms with E-state index in [1.54, 1.807) is 12.1 Å². The Kier molecular flexibility index (Phi) is 7.19. The molecule has 0 aliphatic heterocycles. The number of methoxy groups -OCH3 is 1. The molecule has 1 rings (SSSR count). The smallest absolute Gasteiger partial charge is 0.165 e. The average Bonchev–Trinajstić information content (AvgIpc) is 2.39. The Morgan fingerprint density at radius 2 is 2.16 bits per heavy atom. The average molecular weight is 265 g/mol. The van der Waals surface area contributed by atoms with Crippen molar-refractivity contribution in [1.29, 1.82) is 0 Å². The minimum atomic E-state index is -0.294. The number of hydrogen-bond acceptors (Lipinski definition) is 2. The van der Waals surface area contributed by atoms with Crippen molar-refractivity contribution in [2.45, 2.75) is 33.1 Å². The van der Waals surface area contributed by atoms with Crippen molar-refractivity contribution in [3.63, 3.8) is 0 Å². The molecule has 0 heterocycles. The number of allylic oxidation sites excluding steroid dienone is 1. The topological polar surface area (TPSA) is 21.3 Å². The monoisotopic (exact) mass is 265 g/mol. The van der Waals surface area contributed by atoms with Gasteiger partial charge in [-0.3, -0.25) is 0 Å². The summed E-state index contributed by atoms with van der Waals surface area (Å²) in [5.74, 6) is 0.00607. The molecule has 1 N–H and O–H groups in total. The molecule has 0 saturated carbocycles. The third-order valence-corrected chi connectivity index (χ3v) is 2.94. The van der Waals surface area contributed by atoms with Gasteiger partial charge in [-0.05, 0) is 57.0 Å². The Morgan fingerprint density at radius 3 is 2.79 bits per heavy atom. The van der Waals surface area contributed by atoms with Crippen LogP contribution in [-0.4, -0.2) is 20.2 Å². The van der Waals surface area contributed by atoms with E-state index in [1.165, 1.54) is 12.7 Å². The van der Waals surface area contributed by atoms with Gasteiger partial charge in [-0.2, -0.15) is 0 Å². The quantitative estimate of drug-likeness (QED) is 0.571. The van der Waals surface area contributed by atoms with Crippen LogP contribution in [0, 0.1) is 5.82 Å². The molecule has 0 bridgehead atoms. The maximum Gasteiger partial charge on any atom is 0.165 e. The molecule has 1 aromatic rings. The lowest BCUT2D eigenvalue weighted by atomic mass is 10.1. The lowest BCUT2D eigenvalue weighted by molar-refractivity contribution is 0.386. The maximum absolute atomic E-state index is 13.5. The van der Waals surface area contributed by atoms with Crippen LogP contribution in [-0.2, 0) is 6.42 Å². The van der Waals surface area contributed by atoms with Crippen LogP contribution in [0.15, 0.2) is 29.8 Å². The van der Waals surface area contributed by atoms with E-state index in [9.17, 15) is 4.39 Å². The van der Waals surface area contributed by atoms with Crippen LogP contribution < -0.4 is 10.1 Å². The van der Waals surface area contributed by atoms with E-state index in [4.69, 9.17) is 4.74 Å². The van der Waals surface area contributed by atoms with Gasteiger partial charge >= 0.3 is 0 Å². The highest BCUT2D eigenvalue weighted by molar-refractivity contribution is 5.31. The second-order valence-corrected chi connectivity index (χ2v) is 4.73. The Hall–Kier alpha value is -1.35. The van der Waals surface area contributed by atoms with E-state index < -0.39 is 0 Å². The fourth-order valence-electron chi connectivity index (χ4n) is 1.94. The van der Waals surface area contributed by atoms with Crippen molar-refractivity contribution in [2.24, 2.45) is 0 Å². The minimum Gasteiger partial charge on any atom is -0.494 e. The van der Waals surface area contributed by atoms with Crippen molar-refractivity contribution in [1.82, 2.24) is 5.32 Å². The van der Waals surface area contributed by atoms with Gasteiger partial charge in [0.1, 0.15) is 0 Å². The highest BCUT2D eigenvalue weighted by Crippen LogP contribution is 2.19. The molecule has 0 saturated heterocycles. The van der Waals surface area contributed by atoms with Gasteiger partial charge in [0.25, 0.3) is 0 Å². The first kappa shape index (κ1) is 15.7. The van der Waals surface area contributed by atoms with E-state index in [2.05, 4.69) is 25.2 Å². The molecule has 0 unspecified atom stereocenters. The van der Waals surface area contributed by atoms with Crippen molar-refractivity contribution in [3.8, 4) is 5.75 Å². The molecular weight excluding hydrogens is 241 g/mol. The number of rotatable bonds is 8. The van der Waals surface area contributed by atoms with E-state index >= 15 is 0 Å². The van der Waals surface area contributed by atoms with E-state index in [1.807, 2.05) is 6.07 Å². The fraction of sp³-hybridized carbons (Fsp3) is 0.500. The van der Waals surface area contributed by atoms with Crippen LogP contribution >= 0.6 is 0 Å². The first-order valence-electron chi connectivity index (χ1n) is 6.86. The van der Waals surface area contributed by atoms with Gasteiger partial charge in [0.15, 0.2) is 11.6 Å². The van der Waals surface area contributed by atoms with Gasteiger partial charge in [0.05, 0.1) is 7.11 Å². The zero-order valence-corrected chi connectivity index (χ0v) is 12.1. The molecule has 0 spiro atoms. The molecule has 0 radical (unpaired) electrons. The lowest BCUT2D eigenvalue weighted by Crippen LogP contribution is -2.15. The summed E-state index contributed by atoms with van der Waals surface area (Å²) < 4.78 is 18.4. The molecule has 0 aliphatic carbocycles. The first-order chi connectivity index (χ1) is 9.17. The summed E-state index contributed by atoms with van der Waals surface area (Å²) in [4.78, 5) is 0. The third kappa shape index (κ3) is 5.88. The van der Waals surface area contributed by atoms with Crippen molar-refractivity contribution in [2.75, 3.05) is 20.2 Å². The molecule has 0 atom stereocenters. The molecule has 0 aromatic heterocycles. The summed E-state index contributed by atoms with van der Waals surface area (Å²) in [6.07, 6.45) is 5.18. The second kappa shape index (κ2) is 8.70. The van der Waals surface area contributed by atoms with Gasteiger partial charge < -0.3 is 10.1 Å². The predicted molar refractivity (Wildman–Crippen MR) is 78.2 cm³/mol. The SMILES string of the molecule is CCCNCCC=C(C)Cc1ccc(OC)c(F)c1. The van der Waals surface area contributed by atoms with Crippen LogP contribution in [0.5, 0.6) is 5.75 Å². The summed E-state index contributed by atoms with van der Waals surface area (Å²) in [5.41, 5.74) is 2.25. The minimum absolute atomic E-state index is 0.294. The first-order valence-corrected chi connectivity index (χ1v) is 6.86. The molecule has 19 heavy (non-hydrogen) atoms. The van der Waals surface area contributed by atoms with Crippen LogP contribution in [0.25, 0.3) is 0 Å². The van der Waals surface area contributed by atoms with Gasteiger partial charge in [0.2, 0.25) is 0 Å². The van der Waals surface area contributed by atoms with Gasteiger partial charge in [-0.25, -0.2) is 4.39 Å². The fourth-order valence-corrected chi connectivity index (χ4v) is 1.94.